The molecule has 0 saturated carbocycles. The van der Waals surface area contributed by atoms with E-state index in [1.807, 2.05) is 72.0 Å². The molecule has 5 heteroatoms. The van der Waals surface area contributed by atoms with E-state index in [-0.39, 0.29) is 37.1 Å². The van der Waals surface area contributed by atoms with Crippen LogP contribution >= 0.6 is 0 Å². The average molecular weight is 652 g/mol. The van der Waals surface area contributed by atoms with E-state index in [0.29, 0.717) is 5.92 Å². The minimum Gasteiger partial charge on any atom is -0.512 e. The molecule has 0 amide bonds. The first-order valence-electron chi connectivity index (χ1n) is 11.9. The molecule has 0 aliphatic rings. The second-order valence-electron chi connectivity index (χ2n) is 11.0. The zero-order valence-electron chi connectivity index (χ0n) is 22.5. The maximum atomic E-state index is 11.5. The maximum absolute atomic E-state index is 11.5. The van der Waals surface area contributed by atoms with E-state index in [1.165, 1.54) is 11.6 Å². The van der Waals surface area contributed by atoms with E-state index in [2.05, 4.69) is 48.9 Å². The molecule has 0 spiro atoms. The number of allylic oxidation sites excluding steroid dienone is 2. The van der Waals surface area contributed by atoms with Crippen LogP contribution in [0.3, 0.4) is 0 Å². The van der Waals surface area contributed by atoms with Crippen molar-refractivity contribution in [3.8, 4) is 11.4 Å². The van der Waals surface area contributed by atoms with Gasteiger partial charge in [-0.15, -0.1) is 34.9 Å². The monoisotopic (exact) mass is 652 g/mol. The number of aliphatic hydroxyl groups excluding tert-OH is 1. The third kappa shape index (κ3) is 8.98. The summed E-state index contributed by atoms with van der Waals surface area (Å²) in [4.78, 5) is 20.7. The number of hydrogen-bond donors (Lipinski definition) is 1. The fraction of sp³-hybridized carbons (Fsp3) is 0.433. The molecule has 4 nitrogen and oxygen atoms in total. The molecular weight excluding hydrogens is 613 g/mol. The van der Waals surface area contributed by atoms with Gasteiger partial charge in [-0.2, -0.15) is 0 Å². The second-order valence-corrected chi connectivity index (χ2v) is 11.0. The molecule has 2 aromatic carbocycles. The van der Waals surface area contributed by atoms with Crippen molar-refractivity contribution in [3.05, 3.63) is 71.6 Å². The smallest absolute Gasteiger partial charge is 0.164 e. The van der Waals surface area contributed by atoms with Crippen molar-refractivity contribution in [1.29, 1.82) is 0 Å². The molecule has 3 rings (SSSR count). The summed E-state index contributed by atoms with van der Waals surface area (Å²) in [6.45, 7) is 17.7. The summed E-state index contributed by atoms with van der Waals surface area (Å²) in [6.07, 6.45) is 4.35. The Morgan fingerprint density at radius 3 is 2.29 bits per heavy atom. The van der Waals surface area contributed by atoms with Crippen LogP contribution < -0.4 is 0 Å². The summed E-state index contributed by atoms with van der Waals surface area (Å²) < 4.78 is 0. The van der Waals surface area contributed by atoms with Gasteiger partial charge in [0, 0.05) is 48.6 Å². The number of hydrogen-bond acceptors (Lipinski definition) is 4. The van der Waals surface area contributed by atoms with Gasteiger partial charge >= 0.3 is 0 Å². The maximum Gasteiger partial charge on any atom is 0.164 e. The topological polar surface area (TPSA) is 63.1 Å². The number of aliphatic hydroxyl groups is 1. The Balaban J connectivity index is 0.000000383. The Morgan fingerprint density at radius 1 is 1.09 bits per heavy atom. The number of carbonyl (C=O) groups is 1. The summed E-state index contributed by atoms with van der Waals surface area (Å²) in [5.74, 6) is 1.40. The van der Waals surface area contributed by atoms with Crippen molar-refractivity contribution in [1.82, 2.24) is 9.97 Å². The number of fused-ring (bicyclic) bond motifs is 1. The molecule has 0 aliphatic heterocycles. The van der Waals surface area contributed by atoms with Crippen LogP contribution in [0, 0.1) is 23.8 Å². The molecule has 0 saturated heterocycles. The van der Waals surface area contributed by atoms with Gasteiger partial charge in [0.25, 0.3) is 0 Å². The van der Waals surface area contributed by atoms with E-state index < -0.39 is 5.41 Å². The molecule has 1 radical (unpaired) electrons. The summed E-state index contributed by atoms with van der Waals surface area (Å²) in [5.41, 5.74) is 3.67. The largest absolute Gasteiger partial charge is 0.512 e. The van der Waals surface area contributed by atoms with Gasteiger partial charge in [-0.1, -0.05) is 86.9 Å². The van der Waals surface area contributed by atoms with Crippen LogP contribution in [-0.4, -0.2) is 20.9 Å². The van der Waals surface area contributed by atoms with Crippen molar-refractivity contribution < 1.29 is 30.0 Å². The molecule has 1 N–H and O–H groups in total. The Morgan fingerprint density at radius 2 is 1.71 bits per heavy atom. The number of ketones is 1. The summed E-state index contributed by atoms with van der Waals surface area (Å²) in [5, 5.41) is 10.6. The standard InChI is InChI=1S/C19H19N2.C11H20O2.Ir/c1-4-14(3)16-9-13(2)10-17(11-16)19-20-12-15-7-5-6-8-18(15)21-19;1-10(2,3)8(12)7-9(13)11(4,5)6;/h5-9,11-12,14H,4H2,1-3H3;7,12H,1-6H3;/q-1;;/b;8-7-;. The van der Waals surface area contributed by atoms with Crippen LogP contribution in [0.25, 0.3) is 22.3 Å². The molecule has 1 unspecified atom stereocenters. The summed E-state index contributed by atoms with van der Waals surface area (Å²) in [6, 6.07) is 15.8. The van der Waals surface area contributed by atoms with Crippen LogP contribution in [0.15, 0.2) is 54.4 Å². The van der Waals surface area contributed by atoms with Gasteiger partial charge in [0.15, 0.2) is 5.78 Å². The van der Waals surface area contributed by atoms with Gasteiger partial charge in [-0.05, 0) is 12.0 Å². The van der Waals surface area contributed by atoms with Gasteiger partial charge in [0.2, 0.25) is 0 Å². The van der Waals surface area contributed by atoms with Crippen molar-refractivity contribution in [3.63, 3.8) is 0 Å². The van der Waals surface area contributed by atoms with E-state index in [4.69, 9.17) is 0 Å². The Kier molecular flexibility index (Phi) is 11.0. The number of para-hydroxylation sites is 1. The van der Waals surface area contributed by atoms with Crippen molar-refractivity contribution in [2.45, 2.75) is 74.7 Å². The molecule has 1 atom stereocenters. The normalized spacial score (nSPS) is 12.9. The van der Waals surface area contributed by atoms with Crippen LogP contribution in [0.2, 0.25) is 0 Å². The summed E-state index contributed by atoms with van der Waals surface area (Å²) >= 11 is 0. The minimum absolute atomic E-state index is 0. The molecular formula is C30H39IrN2O2-. The molecule has 0 fully saturated rings. The number of benzene rings is 2. The zero-order chi connectivity index (χ0) is 25.7. The van der Waals surface area contributed by atoms with E-state index >= 15 is 0 Å². The van der Waals surface area contributed by atoms with E-state index in [0.717, 1.165) is 34.3 Å². The van der Waals surface area contributed by atoms with Gasteiger partial charge in [-0.3, -0.25) is 14.8 Å². The van der Waals surface area contributed by atoms with Crippen LogP contribution in [-0.2, 0) is 24.9 Å². The fourth-order valence-corrected chi connectivity index (χ4v) is 3.04. The first-order chi connectivity index (χ1) is 15.7. The van der Waals surface area contributed by atoms with Crippen LogP contribution in [0.4, 0.5) is 0 Å². The van der Waals surface area contributed by atoms with Crippen molar-refractivity contribution in [2.24, 2.45) is 10.8 Å². The van der Waals surface area contributed by atoms with Crippen LogP contribution in [0.5, 0.6) is 0 Å². The van der Waals surface area contributed by atoms with Crippen LogP contribution in [0.1, 0.15) is 78.9 Å². The van der Waals surface area contributed by atoms with Crippen molar-refractivity contribution >= 4 is 16.7 Å². The fourth-order valence-electron chi connectivity index (χ4n) is 3.04. The third-order valence-electron chi connectivity index (χ3n) is 5.71. The molecule has 35 heavy (non-hydrogen) atoms. The van der Waals surface area contributed by atoms with Gasteiger partial charge < -0.3 is 5.11 Å². The number of carbonyl (C=O) groups excluding carboxylic acids is 1. The van der Waals surface area contributed by atoms with E-state index in [1.54, 1.807) is 0 Å². The average Bonchev–Trinajstić information content (AvgIpc) is 2.76. The quantitative estimate of drug-likeness (QED) is 0.176. The number of nitrogens with zero attached hydrogens (tertiary/aromatic N) is 2. The minimum atomic E-state index is -0.417. The first kappa shape index (κ1) is 30.7. The molecule has 191 valence electrons. The SMILES string of the molecule is CC(C)(C)C(=O)/C=C(\O)C(C)(C)C.CCC(C)c1cc(C)[c-]c(-c2ncc3ccccc3n2)c1.[Ir]. The third-order valence-corrected chi connectivity index (χ3v) is 5.71. The predicted octanol–water partition coefficient (Wildman–Crippen LogP) is 8.01. The van der Waals surface area contributed by atoms with Gasteiger partial charge in [0.1, 0.15) is 5.76 Å². The van der Waals surface area contributed by atoms with Gasteiger partial charge in [0.05, 0.1) is 11.3 Å². The molecule has 0 aliphatic carbocycles. The predicted molar refractivity (Wildman–Crippen MR) is 142 cm³/mol. The Hall–Kier alpha value is -2.36. The Labute approximate surface area is 224 Å². The van der Waals surface area contributed by atoms with Crippen molar-refractivity contribution in [2.75, 3.05) is 0 Å². The van der Waals surface area contributed by atoms with E-state index in [9.17, 15) is 9.90 Å². The molecule has 1 aromatic heterocycles. The number of aromatic nitrogens is 2. The Bertz CT molecular complexity index is 1170. The number of rotatable bonds is 4. The first-order valence-corrected chi connectivity index (χ1v) is 11.9. The molecule has 1 heterocycles. The zero-order valence-corrected chi connectivity index (χ0v) is 24.9. The van der Waals surface area contributed by atoms with Gasteiger partial charge in [-0.25, -0.2) is 0 Å². The molecule has 3 aromatic rings. The second kappa shape index (κ2) is 12.6. The molecule has 0 bridgehead atoms. The summed E-state index contributed by atoms with van der Waals surface area (Å²) in [7, 11) is 0. The number of aryl methyl sites for hydroxylation is 1.